The van der Waals surface area contributed by atoms with E-state index in [1.165, 1.54) is 0 Å². The number of carboxylic acid groups (broad SMARTS) is 1. The van der Waals surface area contributed by atoms with Crippen molar-refractivity contribution in [3.05, 3.63) is 0 Å². The van der Waals surface area contributed by atoms with Crippen LogP contribution in [0.1, 0.15) is 6.42 Å². The number of aliphatic hydroxyl groups is 1. The molecule has 0 radical (unpaired) electrons. The number of urea groups is 1. The Bertz CT molecular complexity index is 366. The van der Waals surface area contributed by atoms with Crippen LogP contribution in [0, 0.1) is 0 Å². The van der Waals surface area contributed by atoms with Crippen LogP contribution in [0.3, 0.4) is 0 Å². The Hall–Kier alpha value is -1.35. The van der Waals surface area contributed by atoms with Gasteiger partial charge in [-0.1, -0.05) is 0 Å². The van der Waals surface area contributed by atoms with Gasteiger partial charge < -0.3 is 20.8 Å². The lowest BCUT2D eigenvalue weighted by molar-refractivity contribution is -0.139. The molecule has 0 aliphatic heterocycles. The van der Waals surface area contributed by atoms with Crippen molar-refractivity contribution in [2.75, 3.05) is 25.2 Å². The van der Waals surface area contributed by atoms with E-state index in [0.717, 1.165) is 6.26 Å². The highest BCUT2D eigenvalue weighted by Crippen LogP contribution is 1.91. The Morgan fingerprint density at radius 1 is 1.35 bits per heavy atom. The molecule has 8 nitrogen and oxygen atoms in total. The lowest BCUT2D eigenvalue weighted by Gasteiger charge is -2.13. The molecule has 2 amide bonds. The average Bonchev–Trinajstić information content (AvgIpc) is 2.14. The molecule has 0 fully saturated rings. The molecule has 0 spiro atoms. The quantitative estimate of drug-likeness (QED) is 0.429. The van der Waals surface area contributed by atoms with Gasteiger partial charge in [0.2, 0.25) is 0 Å². The van der Waals surface area contributed by atoms with Crippen LogP contribution in [0.5, 0.6) is 0 Å². The molecule has 0 aromatic carbocycles. The molecular weight excluding hydrogens is 252 g/mol. The van der Waals surface area contributed by atoms with Crippen LogP contribution in [-0.2, 0) is 14.6 Å². The van der Waals surface area contributed by atoms with Gasteiger partial charge in [-0.15, -0.1) is 0 Å². The maximum Gasteiger partial charge on any atom is 0.326 e. The van der Waals surface area contributed by atoms with E-state index in [-0.39, 0.29) is 25.3 Å². The fourth-order valence-corrected chi connectivity index (χ4v) is 1.42. The van der Waals surface area contributed by atoms with Crippen LogP contribution >= 0.6 is 0 Å². The number of amides is 2. The lowest BCUT2D eigenvalue weighted by Crippen LogP contribution is -2.47. The van der Waals surface area contributed by atoms with E-state index in [1.807, 2.05) is 0 Å². The van der Waals surface area contributed by atoms with Crippen molar-refractivity contribution in [1.82, 2.24) is 10.6 Å². The van der Waals surface area contributed by atoms with Gasteiger partial charge in [-0.25, -0.2) is 18.0 Å². The molecule has 9 heteroatoms. The Morgan fingerprint density at radius 2 is 1.94 bits per heavy atom. The number of aliphatic carboxylic acids is 1. The summed E-state index contributed by atoms with van der Waals surface area (Å²) in [6, 6.07) is -1.98. The molecule has 4 N–H and O–H groups in total. The lowest BCUT2D eigenvalue weighted by atomic mass is 10.2. The largest absolute Gasteiger partial charge is 0.480 e. The first-order valence-corrected chi connectivity index (χ1v) is 6.88. The van der Waals surface area contributed by atoms with Gasteiger partial charge in [0, 0.05) is 25.8 Å². The van der Waals surface area contributed by atoms with Crippen LogP contribution in [0.4, 0.5) is 4.79 Å². The van der Waals surface area contributed by atoms with Gasteiger partial charge in [0.1, 0.15) is 15.9 Å². The van der Waals surface area contributed by atoms with Crippen LogP contribution in [0.15, 0.2) is 0 Å². The van der Waals surface area contributed by atoms with Gasteiger partial charge in [0.15, 0.2) is 0 Å². The standard InChI is InChI=1S/C8H16N2O6S/c1-17(15,16)5-3-9-8(14)10-6(2-4-11)7(12)13/h6,11H,2-5H2,1H3,(H,12,13)(H2,9,10,14). The predicted octanol–water partition coefficient (Wildman–Crippen LogP) is -1.83. The molecule has 100 valence electrons. The fourth-order valence-electron chi connectivity index (χ4n) is 0.946. The van der Waals surface area contributed by atoms with Crippen LogP contribution in [0.2, 0.25) is 0 Å². The molecule has 1 unspecified atom stereocenters. The van der Waals surface area contributed by atoms with E-state index in [0.29, 0.717) is 0 Å². The van der Waals surface area contributed by atoms with E-state index in [1.54, 1.807) is 0 Å². The molecular formula is C8H16N2O6S. The van der Waals surface area contributed by atoms with Gasteiger partial charge in [0.25, 0.3) is 0 Å². The zero-order valence-corrected chi connectivity index (χ0v) is 10.2. The molecule has 0 saturated heterocycles. The van der Waals surface area contributed by atoms with Crippen molar-refractivity contribution >= 4 is 21.8 Å². The first kappa shape index (κ1) is 15.7. The molecule has 0 saturated carbocycles. The van der Waals surface area contributed by atoms with Crippen LogP contribution in [-0.4, -0.2) is 61.8 Å². The summed E-state index contributed by atoms with van der Waals surface area (Å²) in [7, 11) is -3.17. The zero-order chi connectivity index (χ0) is 13.5. The van der Waals surface area contributed by atoms with E-state index in [4.69, 9.17) is 10.2 Å². The molecule has 0 aromatic heterocycles. The number of carbonyl (C=O) groups excluding carboxylic acids is 1. The van der Waals surface area contributed by atoms with Crippen molar-refractivity contribution in [2.24, 2.45) is 0 Å². The van der Waals surface area contributed by atoms with Gasteiger partial charge in [-0.05, 0) is 0 Å². The highest BCUT2D eigenvalue weighted by Gasteiger charge is 2.18. The second kappa shape index (κ2) is 7.07. The molecule has 0 bridgehead atoms. The number of carbonyl (C=O) groups is 2. The highest BCUT2D eigenvalue weighted by molar-refractivity contribution is 7.90. The summed E-state index contributed by atoms with van der Waals surface area (Å²) >= 11 is 0. The normalized spacial score (nSPS) is 12.8. The summed E-state index contributed by atoms with van der Waals surface area (Å²) in [6.45, 7) is -0.475. The van der Waals surface area contributed by atoms with Gasteiger partial charge in [0.05, 0.1) is 5.75 Å². The van der Waals surface area contributed by atoms with Gasteiger partial charge in [-0.2, -0.15) is 0 Å². The Kier molecular flexibility index (Phi) is 6.51. The van der Waals surface area contributed by atoms with Crippen LogP contribution < -0.4 is 10.6 Å². The number of sulfone groups is 1. The average molecular weight is 268 g/mol. The van der Waals surface area contributed by atoms with Crippen molar-refractivity contribution in [1.29, 1.82) is 0 Å². The van der Waals surface area contributed by atoms with E-state index >= 15 is 0 Å². The third-order valence-corrected chi connectivity index (χ3v) is 2.73. The second-order valence-electron chi connectivity index (χ2n) is 3.43. The van der Waals surface area contributed by atoms with Crippen molar-refractivity contribution in [2.45, 2.75) is 12.5 Å². The molecule has 0 aromatic rings. The van der Waals surface area contributed by atoms with Gasteiger partial charge in [-0.3, -0.25) is 0 Å². The number of nitrogens with one attached hydrogen (secondary N) is 2. The number of rotatable bonds is 7. The summed E-state index contributed by atoms with van der Waals surface area (Å²) < 4.78 is 21.5. The number of aliphatic hydroxyl groups excluding tert-OH is 1. The first-order chi connectivity index (χ1) is 7.76. The van der Waals surface area contributed by atoms with E-state index in [2.05, 4.69) is 10.6 Å². The molecule has 0 heterocycles. The monoisotopic (exact) mass is 268 g/mol. The number of carboxylic acids is 1. The number of hydrogen-bond donors (Lipinski definition) is 4. The first-order valence-electron chi connectivity index (χ1n) is 4.82. The summed E-state index contributed by atoms with van der Waals surface area (Å²) in [5, 5.41) is 21.5. The second-order valence-corrected chi connectivity index (χ2v) is 5.69. The topological polar surface area (TPSA) is 133 Å². The summed E-state index contributed by atoms with van der Waals surface area (Å²) in [6.07, 6.45) is 0.910. The maximum atomic E-state index is 11.2. The highest BCUT2D eigenvalue weighted by atomic mass is 32.2. The van der Waals surface area contributed by atoms with Crippen molar-refractivity contribution in [3.63, 3.8) is 0 Å². The molecule has 17 heavy (non-hydrogen) atoms. The summed E-state index contributed by atoms with van der Waals surface area (Å²) in [5.74, 6) is -1.49. The Morgan fingerprint density at radius 3 is 2.35 bits per heavy atom. The summed E-state index contributed by atoms with van der Waals surface area (Å²) in [4.78, 5) is 21.8. The minimum Gasteiger partial charge on any atom is -0.480 e. The van der Waals surface area contributed by atoms with Crippen molar-refractivity contribution in [3.8, 4) is 0 Å². The Labute approximate surface area is 98.9 Å². The third-order valence-electron chi connectivity index (χ3n) is 1.78. The molecule has 0 rings (SSSR count). The van der Waals surface area contributed by atoms with E-state index in [9.17, 15) is 18.0 Å². The Balaban J connectivity index is 4.03. The minimum atomic E-state index is -3.17. The third kappa shape index (κ3) is 8.46. The smallest absolute Gasteiger partial charge is 0.326 e. The fraction of sp³-hybridized carbons (Fsp3) is 0.750. The minimum absolute atomic E-state index is 0.101. The predicted molar refractivity (Wildman–Crippen MR) is 59.4 cm³/mol. The molecule has 0 aliphatic carbocycles. The molecule has 0 aliphatic rings. The maximum absolute atomic E-state index is 11.2. The zero-order valence-electron chi connectivity index (χ0n) is 9.34. The van der Waals surface area contributed by atoms with Gasteiger partial charge >= 0.3 is 12.0 Å². The molecule has 1 atom stereocenters. The summed E-state index contributed by atoms with van der Waals surface area (Å²) in [5.41, 5.74) is 0. The SMILES string of the molecule is CS(=O)(=O)CCNC(=O)NC(CCO)C(=O)O. The van der Waals surface area contributed by atoms with E-state index < -0.39 is 27.9 Å². The number of hydrogen-bond acceptors (Lipinski definition) is 5. The van der Waals surface area contributed by atoms with Crippen molar-refractivity contribution < 1.29 is 28.2 Å². The van der Waals surface area contributed by atoms with Crippen LogP contribution in [0.25, 0.3) is 0 Å².